The minimum Gasteiger partial charge on any atom is -0.503 e. The van der Waals surface area contributed by atoms with Crippen molar-refractivity contribution < 1.29 is 14.6 Å². The smallest absolute Gasteiger partial charge is 0.181 e. The lowest BCUT2D eigenvalue weighted by Gasteiger charge is -2.52. The van der Waals surface area contributed by atoms with Gasteiger partial charge in [-0.15, -0.1) is 0 Å². The number of ketones is 1. The van der Waals surface area contributed by atoms with Crippen molar-refractivity contribution in [2.45, 2.75) is 31.3 Å². The molecule has 0 spiro atoms. The van der Waals surface area contributed by atoms with E-state index in [0.29, 0.717) is 18.0 Å². The first-order chi connectivity index (χ1) is 12.1. The first-order valence-electron chi connectivity index (χ1n) is 8.62. The lowest BCUT2D eigenvalue weighted by Crippen LogP contribution is -2.54. The van der Waals surface area contributed by atoms with Crippen molar-refractivity contribution >= 4 is 17.2 Å². The lowest BCUT2D eigenvalue weighted by atomic mass is 9.71. The number of carbonyl (C=O) groups excluding carboxylic acids is 1. The first kappa shape index (κ1) is 15.8. The molecular formula is C20H22N2O3. The van der Waals surface area contributed by atoms with Gasteiger partial charge in [-0.1, -0.05) is 18.2 Å². The Kier molecular flexibility index (Phi) is 3.79. The van der Waals surface area contributed by atoms with Gasteiger partial charge in [0.05, 0.1) is 18.8 Å². The van der Waals surface area contributed by atoms with Gasteiger partial charge in [-0.05, 0) is 42.7 Å². The van der Waals surface area contributed by atoms with Crippen LogP contribution in [0.5, 0.6) is 11.5 Å². The van der Waals surface area contributed by atoms with Crippen molar-refractivity contribution in [2.75, 3.05) is 17.7 Å². The fourth-order valence-corrected chi connectivity index (χ4v) is 4.35. The SMILES string of the molecule is COc1cc(C2C3CCC(CC3=O)N2c2ccccc2)cc(N)c1O. The number of aromatic hydroxyl groups is 1. The van der Waals surface area contributed by atoms with E-state index in [1.807, 2.05) is 18.2 Å². The summed E-state index contributed by atoms with van der Waals surface area (Å²) < 4.78 is 5.27. The average molecular weight is 338 g/mol. The summed E-state index contributed by atoms with van der Waals surface area (Å²) in [6.07, 6.45) is 2.51. The predicted octanol–water partition coefficient (Wildman–Crippen LogP) is 3.28. The fourth-order valence-electron chi connectivity index (χ4n) is 4.35. The number of phenolic OH excluding ortho intramolecular Hbond substituents is 1. The van der Waals surface area contributed by atoms with Crippen molar-refractivity contribution in [1.29, 1.82) is 0 Å². The summed E-state index contributed by atoms with van der Waals surface area (Å²) in [4.78, 5) is 14.9. The summed E-state index contributed by atoms with van der Waals surface area (Å²) in [5.41, 5.74) is 8.29. The maximum Gasteiger partial charge on any atom is 0.181 e. The number of fused-ring (bicyclic) bond motifs is 3. The van der Waals surface area contributed by atoms with Crippen LogP contribution in [0.1, 0.15) is 30.9 Å². The molecule has 3 N–H and O–H groups in total. The molecule has 3 fully saturated rings. The molecule has 2 heterocycles. The number of anilines is 2. The molecule has 0 aromatic heterocycles. The molecule has 3 unspecified atom stereocenters. The van der Waals surface area contributed by atoms with Crippen LogP contribution in [0, 0.1) is 5.92 Å². The number of benzene rings is 2. The number of hydrogen-bond acceptors (Lipinski definition) is 5. The molecule has 5 heteroatoms. The van der Waals surface area contributed by atoms with Crippen LogP contribution in [0.3, 0.4) is 0 Å². The number of Topliss-reactive ketones (excluding diaryl/α,β-unsaturated/α-hetero) is 1. The van der Waals surface area contributed by atoms with Gasteiger partial charge in [0.2, 0.25) is 0 Å². The Hall–Kier alpha value is -2.69. The van der Waals surface area contributed by atoms with Crippen LogP contribution in [0.25, 0.3) is 0 Å². The Bertz CT molecular complexity index is 806. The number of rotatable bonds is 3. The number of nitrogen functional groups attached to an aromatic ring is 1. The molecule has 5 rings (SSSR count). The highest BCUT2D eigenvalue weighted by atomic mass is 16.5. The van der Waals surface area contributed by atoms with E-state index >= 15 is 0 Å². The van der Waals surface area contributed by atoms with E-state index in [0.717, 1.165) is 24.1 Å². The highest BCUT2D eigenvalue weighted by Crippen LogP contribution is 2.49. The molecule has 3 atom stereocenters. The number of hydrogen-bond donors (Lipinski definition) is 2. The van der Waals surface area contributed by atoms with E-state index < -0.39 is 0 Å². The molecule has 0 radical (unpaired) electrons. The molecule has 2 aromatic carbocycles. The Morgan fingerprint density at radius 2 is 1.96 bits per heavy atom. The van der Waals surface area contributed by atoms with Crippen molar-refractivity contribution in [3.63, 3.8) is 0 Å². The zero-order valence-corrected chi connectivity index (χ0v) is 14.2. The molecule has 25 heavy (non-hydrogen) atoms. The van der Waals surface area contributed by atoms with Gasteiger partial charge in [0, 0.05) is 24.1 Å². The first-order valence-corrected chi connectivity index (χ1v) is 8.62. The zero-order chi connectivity index (χ0) is 17.6. The Morgan fingerprint density at radius 1 is 1.20 bits per heavy atom. The van der Waals surface area contributed by atoms with E-state index in [9.17, 15) is 9.90 Å². The summed E-state index contributed by atoms with van der Waals surface area (Å²) in [6, 6.07) is 13.9. The number of para-hydroxylation sites is 1. The standard InChI is InChI=1S/C20H22N2O3/c1-25-18-10-12(9-16(21)20(18)24)19-15-8-7-14(11-17(15)23)22(19)13-5-3-2-4-6-13/h2-6,9-10,14-15,19,24H,7-8,11,21H2,1H3. The second kappa shape index (κ2) is 5.99. The minimum absolute atomic E-state index is 0.0511. The monoisotopic (exact) mass is 338 g/mol. The highest BCUT2D eigenvalue weighted by Gasteiger charge is 2.47. The summed E-state index contributed by atoms with van der Waals surface area (Å²) in [5.74, 6) is 0.555. The average Bonchev–Trinajstić information content (AvgIpc) is 2.64. The zero-order valence-electron chi connectivity index (χ0n) is 14.2. The summed E-state index contributed by atoms with van der Waals surface area (Å²) in [5, 5.41) is 10.1. The second-order valence-electron chi connectivity index (χ2n) is 6.86. The normalized spacial score (nSPS) is 25.2. The van der Waals surface area contributed by atoms with Gasteiger partial charge in [0.15, 0.2) is 11.5 Å². The van der Waals surface area contributed by atoms with Gasteiger partial charge in [-0.25, -0.2) is 0 Å². The molecule has 130 valence electrons. The van der Waals surface area contributed by atoms with E-state index in [-0.39, 0.29) is 29.4 Å². The number of phenols is 1. The van der Waals surface area contributed by atoms with Crippen LogP contribution in [0.4, 0.5) is 11.4 Å². The van der Waals surface area contributed by atoms with Gasteiger partial charge in [-0.3, -0.25) is 4.79 Å². The predicted molar refractivity (Wildman–Crippen MR) is 96.9 cm³/mol. The van der Waals surface area contributed by atoms with Crippen molar-refractivity contribution in [3.05, 3.63) is 48.0 Å². The van der Waals surface area contributed by atoms with Gasteiger partial charge in [0.25, 0.3) is 0 Å². The second-order valence-corrected chi connectivity index (χ2v) is 6.86. The third-order valence-electron chi connectivity index (χ3n) is 5.48. The highest BCUT2D eigenvalue weighted by molar-refractivity contribution is 5.86. The maximum absolute atomic E-state index is 12.6. The van der Waals surface area contributed by atoms with Crippen LogP contribution >= 0.6 is 0 Å². The van der Waals surface area contributed by atoms with Crippen molar-refractivity contribution in [2.24, 2.45) is 5.92 Å². The maximum atomic E-state index is 12.6. The van der Waals surface area contributed by atoms with Gasteiger partial charge in [-0.2, -0.15) is 0 Å². The Morgan fingerprint density at radius 3 is 2.64 bits per heavy atom. The molecule has 2 bridgehead atoms. The number of carbonyl (C=O) groups is 1. The number of nitrogens with zero attached hydrogens (tertiary/aromatic N) is 1. The third-order valence-corrected chi connectivity index (χ3v) is 5.48. The minimum atomic E-state index is -0.0841. The van der Waals surface area contributed by atoms with Gasteiger partial charge >= 0.3 is 0 Å². The molecular weight excluding hydrogens is 316 g/mol. The lowest BCUT2D eigenvalue weighted by molar-refractivity contribution is -0.128. The number of ether oxygens (including phenoxy) is 1. The number of nitrogens with two attached hydrogens (primary N) is 1. The Labute approximate surface area is 147 Å². The van der Waals surface area contributed by atoms with Gasteiger partial charge in [0.1, 0.15) is 5.78 Å². The van der Waals surface area contributed by atoms with Crippen LogP contribution in [0.15, 0.2) is 42.5 Å². The topological polar surface area (TPSA) is 75.8 Å². The van der Waals surface area contributed by atoms with Crippen molar-refractivity contribution in [1.82, 2.24) is 0 Å². The molecule has 5 nitrogen and oxygen atoms in total. The number of methoxy groups -OCH3 is 1. The van der Waals surface area contributed by atoms with E-state index in [1.54, 1.807) is 12.1 Å². The quantitative estimate of drug-likeness (QED) is 0.663. The van der Waals surface area contributed by atoms with Crippen LogP contribution in [-0.4, -0.2) is 24.0 Å². The van der Waals surface area contributed by atoms with Gasteiger partial charge < -0.3 is 20.5 Å². The number of piperidine rings is 2. The van der Waals surface area contributed by atoms with Crippen LogP contribution < -0.4 is 15.4 Å². The van der Waals surface area contributed by atoms with E-state index in [2.05, 4.69) is 17.0 Å². The molecule has 2 aliphatic heterocycles. The summed E-state index contributed by atoms with van der Waals surface area (Å²) >= 11 is 0. The largest absolute Gasteiger partial charge is 0.503 e. The fraction of sp³-hybridized carbons (Fsp3) is 0.350. The Balaban J connectivity index is 1.84. The summed E-state index contributed by atoms with van der Waals surface area (Å²) in [6.45, 7) is 0. The third kappa shape index (κ3) is 2.51. The molecule has 1 aliphatic carbocycles. The molecule has 0 amide bonds. The van der Waals surface area contributed by atoms with Crippen LogP contribution in [-0.2, 0) is 4.79 Å². The van der Waals surface area contributed by atoms with E-state index in [1.165, 1.54) is 7.11 Å². The van der Waals surface area contributed by atoms with E-state index in [4.69, 9.17) is 10.5 Å². The molecule has 2 aromatic rings. The van der Waals surface area contributed by atoms with Crippen molar-refractivity contribution in [3.8, 4) is 11.5 Å². The van der Waals surface area contributed by atoms with Crippen LogP contribution in [0.2, 0.25) is 0 Å². The molecule has 1 saturated carbocycles. The molecule has 3 aliphatic rings. The molecule has 2 saturated heterocycles. The summed E-state index contributed by atoms with van der Waals surface area (Å²) in [7, 11) is 1.51.